The summed E-state index contributed by atoms with van der Waals surface area (Å²) in [5.74, 6) is 0.474. The first-order valence-electron chi connectivity index (χ1n) is 13.2. The second-order valence-corrected chi connectivity index (χ2v) is 10.4. The van der Waals surface area contributed by atoms with Crippen LogP contribution >= 0.6 is 0 Å². The first-order chi connectivity index (χ1) is 18.7. The number of carbonyl (C=O) groups is 1. The van der Waals surface area contributed by atoms with Gasteiger partial charge in [-0.3, -0.25) is 19.5 Å². The van der Waals surface area contributed by atoms with E-state index in [9.17, 15) is 14.0 Å². The molecular weight excluding hydrogens is 501 g/mol. The van der Waals surface area contributed by atoms with Gasteiger partial charge >= 0.3 is 0 Å². The molecule has 2 aliphatic heterocycles. The number of fused-ring (bicyclic) bond motifs is 1. The van der Waals surface area contributed by atoms with Crippen molar-refractivity contribution in [2.24, 2.45) is 4.99 Å². The molecule has 206 valence electrons. The van der Waals surface area contributed by atoms with Gasteiger partial charge in [-0.25, -0.2) is 9.49 Å². The van der Waals surface area contributed by atoms with Gasteiger partial charge in [0.1, 0.15) is 23.2 Å². The molecule has 0 radical (unpaired) electrons. The van der Waals surface area contributed by atoms with E-state index in [0.29, 0.717) is 69.0 Å². The van der Waals surface area contributed by atoms with E-state index in [0.717, 1.165) is 16.5 Å². The van der Waals surface area contributed by atoms with Gasteiger partial charge in [0.05, 0.1) is 11.6 Å². The number of likely N-dealkylation sites (tertiary alicyclic amines) is 2. The maximum absolute atomic E-state index is 13.4. The van der Waals surface area contributed by atoms with Crippen LogP contribution in [-0.2, 0) is 4.79 Å². The first kappa shape index (κ1) is 26.6. The topological polar surface area (TPSA) is 147 Å². The van der Waals surface area contributed by atoms with Crippen molar-refractivity contribution in [3.8, 4) is 0 Å². The number of carbonyl (C=O) groups excluding carboxylic acids is 1. The summed E-state index contributed by atoms with van der Waals surface area (Å²) in [6, 6.07) is 5.76. The molecule has 1 unspecified atom stereocenters. The van der Waals surface area contributed by atoms with E-state index in [1.807, 2.05) is 36.9 Å². The molecule has 11 heteroatoms. The second-order valence-electron chi connectivity index (χ2n) is 10.4. The molecule has 39 heavy (non-hydrogen) atoms. The summed E-state index contributed by atoms with van der Waals surface area (Å²) >= 11 is 0. The van der Waals surface area contributed by atoms with Gasteiger partial charge in [0.15, 0.2) is 11.6 Å². The maximum Gasteiger partial charge on any atom is 0.288 e. The van der Waals surface area contributed by atoms with Crippen molar-refractivity contribution >= 4 is 34.1 Å². The molecule has 2 aliphatic rings. The van der Waals surface area contributed by atoms with Crippen LogP contribution in [0, 0.1) is 13.8 Å². The number of aliphatic imine (C=N–C) groups is 1. The zero-order chi connectivity index (χ0) is 27.7. The minimum Gasteiger partial charge on any atom is -0.454 e. The molecular formula is C28H34FN7O3. The molecule has 2 fully saturated rings. The molecule has 2 aromatic heterocycles. The Hall–Kier alpha value is -3.99. The molecule has 4 heterocycles. The monoisotopic (exact) mass is 535 g/mol. The van der Waals surface area contributed by atoms with E-state index >= 15 is 0 Å². The normalized spacial score (nSPS) is 19.5. The number of aryl methyl sites for hydroxylation is 2. The second kappa shape index (κ2) is 11.0. The van der Waals surface area contributed by atoms with Crippen LogP contribution in [0.25, 0.3) is 11.0 Å². The highest BCUT2D eigenvalue weighted by molar-refractivity contribution is 6.18. The number of furan rings is 1. The van der Waals surface area contributed by atoms with Gasteiger partial charge in [0.25, 0.3) is 5.56 Å². The maximum atomic E-state index is 13.4. The number of H-pyrrole nitrogens is 1. The molecule has 5 rings (SSSR count). The van der Waals surface area contributed by atoms with Gasteiger partial charge < -0.3 is 20.8 Å². The standard InChI is InChI=1S/C28H34FN7O3/c1-16-5-6-21-20(14-16)17(2)26(39-21)25(23-24(30)28(38)34-33-27(23)31)32-19-8-12-36(13-9-19)22(37)4-3-10-35-11-7-18(29)15-35/h3-6,14,18-19H,7-13,15H2,1-2H3,(H,34,38)(H4,30,31,33)/b4-3+,32-25?. The Morgan fingerprint density at radius 2 is 2.00 bits per heavy atom. The quantitative estimate of drug-likeness (QED) is 0.325. The van der Waals surface area contributed by atoms with Crippen molar-refractivity contribution in [2.75, 3.05) is 44.2 Å². The zero-order valence-electron chi connectivity index (χ0n) is 22.2. The van der Waals surface area contributed by atoms with E-state index in [-0.39, 0.29) is 29.0 Å². The Labute approximate surface area is 225 Å². The van der Waals surface area contributed by atoms with E-state index in [4.69, 9.17) is 20.9 Å². The number of halogens is 1. The number of nitrogens with one attached hydrogen (secondary N) is 1. The fourth-order valence-corrected chi connectivity index (χ4v) is 5.28. The van der Waals surface area contributed by atoms with E-state index in [2.05, 4.69) is 10.2 Å². The molecule has 0 bridgehead atoms. The zero-order valence-corrected chi connectivity index (χ0v) is 22.2. The number of nitrogens with zero attached hydrogens (tertiary/aromatic N) is 4. The van der Waals surface area contributed by atoms with Crippen LogP contribution in [0.5, 0.6) is 0 Å². The Bertz CT molecular complexity index is 1500. The lowest BCUT2D eigenvalue weighted by Crippen LogP contribution is -2.39. The van der Waals surface area contributed by atoms with E-state index < -0.39 is 11.7 Å². The Morgan fingerprint density at radius 1 is 1.23 bits per heavy atom. The number of rotatable bonds is 6. The van der Waals surface area contributed by atoms with Crippen LogP contribution in [0.15, 0.2) is 44.6 Å². The number of aromatic nitrogens is 2. The Kier molecular flexibility index (Phi) is 7.51. The molecule has 3 aromatic rings. The van der Waals surface area contributed by atoms with E-state index in [1.165, 1.54) is 0 Å². The number of nitrogen functional groups attached to an aromatic ring is 2. The van der Waals surface area contributed by atoms with Crippen molar-refractivity contribution in [2.45, 2.75) is 45.3 Å². The summed E-state index contributed by atoms with van der Waals surface area (Å²) in [7, 11) is 0. The predicted molar refractivity (Wildman–Crippen MR) is 150 cm³/mol. The number of alkyl halides is 1. The molecule has 0 aliphatic carbocycles. The third-order valence-corrected chi connectivity index (χ3v) is 7.52. The number of amides is 1. The number of nitrogens with two attached hydrogens (primary N) is 2. The lowest BCUT2D eigenvalue weighted by Gasteiger charge is -2.30. The molecule has 0 spiro atoms. The van der Waals surface area contributed by atoms with Crippen LogP contribution in [-0.4, -0.2) is 76.6 Å². The molecule has 2 saturated heterocycles. The number of anilines is 2. The van der Waals surface area contributed by atoms with Crippen molar-refractivity contribution < 1.29 is 13.6 Å². The summed E-state index contributed by atoms with van der Waals surface area (Å²) in [6.45, 7) is 6.70. The SMILES string of the molecule is Cc1ccc2oc(C(=NC3CCN(C(=O)/C=C/CN4CCC(F)C4)CC3)c3c(N)n[nH]c(=O)c3N)c(C)c2c1. The molecule has 5 N–H and O–H groups in total. The summed E-state index contributed by atoms with van der Waals surface area (Å²) in [4.78, 5) is 33.9. The summed E-state index contributed by atoms with van der Waals surface area (Å²) in [6.07, 6.45) is 4.39. The number of hydrogen-bond acceptors (Lipinski definition) is 8. The molecule has 1 amide bonds. The molecule has 1 atom stereocenters. The number of piperidine rings is 1. The molecule has 1 aromatic carbocycles. The highest BCUT2D eigenvalue weighted by Gasteiger charge is 2.27. The summed E-state index contributed by atoms with van der Waals surface area (Å²) in [5, 5.41) is 7.18. The fraction of sp³-hybridized carbons (Fsp3) is 0.429. The van der Waals surface area contributed by atoms with Crippen molar-refractivity contribution in [3.05, 3.63) is 63.2 Å². The number of aromatic amines is 1. The van der Waals surface area contributed by atoms with Gasteiger partial charge in [0, 0.05) is 49.7 Å². The third kappa shape index (κ3) is 5.58. The van der Waals surface area contributed by atoms with Crippen LogP contribution in [0.4, 0.5) is 15.9 Å². The van der Waals surface area contributed by atoms with Gasteiger partial charge in [-0.2, -0.15) is 5.10 Å². The first-order valence-corrected chi connectivity index (χ1v) is 13.2. The highest BCUT2D eigenvalue weighted by atomic mass is 19.1. The number of hydrogen-bond donors (Lipinski definition) is 3. The minimum absolute atomic E-state index is 0.0525. The smallest absolute Gasteiger partial charge is 0.288 e. The van der Waals surface area contributed by atoms with Crippen LogP contribution in [0.1, 0.15) is 41.7 Å². The lowest BCUT2D eigenvalue weighted by atomic mass is 10.0. The Morgan fingerprint density at radius 3 is 2.72 bits per heavy atom. The van der Waals surface area contributed by atoms with Crippen molar-refractivity contribution in [1.29, 1.82) is 0 Å². The summed E-state index contributed by atoms with van der Waals surface area (Å²) in [5.41, 5.74) is 15.0. The predicted octanol–water partition coefficient (Wildman–Crippen LogP) is 2.73. The van der Waals surface area contributed by atoms with Crippen LogP contribution in [0.2, 0.25) is 0 Å². The van der Waals surface area contributed by atoms with Crippen LogP contribution < -0.4 is 17.0 Å². The third-order valence-electron chi connectivity index (χ3n) is 7.52. The van der Waals surface area contributed by atoms with Crippen molar-refractivity contribution in [3.63, 3.8) is 0 Å². The summed E-state index contributed by atoms with van der Waals surface area (Å²) < 4.78 is 19.6. The fourth-order valence-electron chi connectivity index (χ4n) is 5.28. The van der Waals surface area contributed by atoms with Gasteiger partial charge in [-0.15, -0.1) is 0 Å². The van der Waals surface area contributed by atoms with Gasteiger partial charge in [0.2, 0.25) is 5.91 Å². The lowest BCUT2D eigenvalue weighted by molar-refractivity contribution is -0.127. The van der Waals surface area contributed by atoms with Crippen molar-refractivity contribution in [1.82, 2.24) is 20.0 Å². The highest BCUT2D eigenvalue weighted by Crippen LogP contribution is 2.31. The molecule has 10 nitrogen and oxygen atoms in total. The van der Waals surface area contributed by atoms with E-state index in [1.54, 1.807) is 17.1 Å². The van der Waals surface area contributed by atoms with Gasteiger partial charge in [-0.05, 0) is 45.2 Å². The molecule has 0 saturated carbocycles. The number of benzene rings is 1. The average Bonchev–Trinajstić information content (AvgIpc) is 3.48. The average molecular weight is 536 g/mol. The minimum atomic E-state index is -0.776. The van der Waals surface area contributed by atoms with Crippen LogP contribution in [0.3, 0.4) is 0 Å². The Balaban J connectivity index is 1.38. The van der Waals surface area contributed by atoms with Gasteiger partial charge in [-0.1, -0.05) is 17.7 Å². The largest absolute Gasteiger partial charge is 0.454 e.